The van der Waals surface area contributed by atoms with E-state index >= 15 is 0 Å². The van der Waals surface area contributed by atoms with E-state index in [9.17, 15) is 15.4 Å². The number of nitro groups is 1. The molecule has 0 fully saturated rings. The van der Waals surface area contributed by atoms with Gasteiger partial charge in [0.15, 0.2) is 0 Å². The molecule has 0 radical (unpaired) electrons. The molecule has 3 aromatic carbocycles. The molecule has 3 atom stereocenters. The Labute approximate surface area is 201 Å². The summed E-state index contributed by atoms with van der Waals surface area (Å²) in [4.78, 5) is 12.7. The van der Waals surface area contributed by atoms with E-state index in [1.54, 1.807) is 42.5 Å². The molecule has 3 aromatic rings. The van der Waals surface area contributed by atoms with Crippen molar-refractivity contribution in [2.24, 2.45) is 5.73 Å². The smallest absolute Gasteiger partial charge is 0.312 e. The van der Waals surface area contributed by atoms with Crippen LogP contribution in [0.2, 0.25) is 5.02 Å². The van der Waals surface area contributed by atoms with E-state index in [1.165, 1.54) is 0 Å². The second-order valence-electron chi connectivity index (χ2n) is 8.43. The highest BCUT2D eigenvalue weighted by atomic mass is 35.5. The number of ether oxygens (including phenoxy) is 1. The molecule has 2 N–H and O–H groups in total. The molecular weight excluding hydrogens is 450 g/mol. The third-order valence-electron chi connectivity index (χ3n) is 6.72. The Morgan fingerprint density at radius 2 is 1.74 bits per heavy atom. The molecule has 0 spiro atoms. The largest absolute Gasteiger partial charge is 0.477 e. The minimum Gasteiger partial charge on any atom is -0.477 e. The van der Waals surface area contributed by atoms with Gasteiger partial charge in [-0.2, -0.15) is 5.26 Å². The quantitative estimate of drug-likeness (QED) is 0.386. The molecular formula is C27H20ClN3O3. The fourth-order valence-electron chi connectivity index (χ4n) is 5.34. The summed E-state index contributed by atoms with van der Waals surface area (Å²) >= 11 is 6.34. The standard InChI is InChI=1S/C27H20ClN3O3/c1-16-23(17-8-4-2-5-9-17)21(15-29)25(30)27(31(32)33)24(16)20-14-19(28)12-13-22(20)34-26(27)18-10-6-3-7-11-18/h2-14,24,26H,30H2,1H3/t24-,26+,27-/m1/s1. The van der Waals surface area contributed by atoms with E-state index < -0.39 is 22.5 Å². The van der Waals surface area contributed by atoms with Gasteiger partial charge < -0.3 is 10.5 Å². The molecule has 34 heavy (non-hydrogen) atoms. The highest BCUT2D eigenvalue weighted by molar-refractivity contribution is 6.30. The third-order valence-corrected chi connectivity index (χ3v) is 6.96. The minimum absolute atomic E-state index is 0.0895. The summed E-state index contributed by atoms with van der Waals surface area (Å²) < 4.78 is 6.31. The maximum absolute atomic E-state index is 13.1. The van der Waals surface area contributed by atoms with Crippen molar-refractivity contribution < 1.29 is 9.66 Å². The summed E-state index contributed by atoms with van der Waals surface area (Å²) in [5, 5.41) is 23.7. The lowest BCUT2D eigenvalue weighted by Gasteiger charge is -2.46. The van der Waals surface area contributed by atoms with Crippen LogP contribution in [-0.2, 0) is 0 Å². The molecule has 7 heteroatoms. The van der Waals surface area contributed by atoms with Crippen molar-refractivity contribution in [2.45, 2.75) is 24.5 Å². The van der Waals surface area contributed by atoms with Crippen LogP contribution in [0.3, 0.4) is 0 Å². The zero-order chi connectivity index (χ0) is 24.0. The Kier molecular flexibility index (Phi) is 5.15. The summed E-state index contributed by atoms with van der Waals surface area (Å²) in [5.41, 5.74) is 7.90. The van der Waals surface area contributed by atoms with Crippen LogP contribution in [0.1, 0.15) is 35.6 Å². The number of halogens is 1. The molecule has 168 valence electrons. The number of benzene rings is 3. The summed E-state index contributed by atoms with van der Waals surface area (Å²) in [6, 6.07) is 25.6. The predicted molar refractivity (Wildman–Crippen MR) is 130 cm³/mol. The van der Waals surface area contributed by atoms with Crippen molar-refractivity contribution in [2.75, 3.05) is 0 Å². The van der Waals surface area contributed by atoms with Crippen LogP contribution in [0.25, 0.3) is 5.57 Å². The van der Waals surface area contributed by atoms with Gasteiger partial charge in [0.1, 0.15) is 17.5 Å². The van der Waals surface area contributed by atoms with E-state index in [4.69, 9.17) is 22.1 Å². The average molecular weight is 470 g/mol. The normalized spacial score (nSPS) is 23.4. The van der Waals surface area contributed by atoms with Crippen LogP contribution in [-0.4, -0.2) is 10.5 Å². The van der Waals surface area contributed by atoms with Gasteiger partial charge in [0, 0.05) is 26.6 Å². The molecule has 0 bridgehead atoms. The number of hydrogen-bond acceptors (Lipinski definition) is 5. The fourth-order valence-corrected chi connectivity index (χ4v) is 5.52. The molecule has 1 aliphatic heterocycles. The van der Waals surface area contributed by atoms with Crippen molar-refractivity contribution in [3.63, 3.8) is 0 Å². The molecule has 5 rings (SSSR count). The Morgan fingerprint density at radius 1 is 1.09 bits per heavy atom. The maximum Gasteiger partial charge on any atom is 0.312 e. The summed E-state index contributed by atoms with van der Waals surface area (Å²) in [5.74, 6) is -0.303. The summed E-state index contributed by atoms with van der Waals surface area (Å²) in [7, 11) is 0. The number of rotatable bonds is 3. The van der Waals surface area contributed by atoms with E-state index in [0.717, 1.165) is 5.56 Å². The molecule has 1 heterocycles. The van der Waals surface area contributed by atoms with Crippen LogP contribution < -0.4 is 10.5 Å². The number of nitriles is 1. The topological polar surface area (TPSA) is 102 Å². The van der Waals surface area contributed by atoms with Crippen molar-refractivity contribution in [1.29, 1.82) is 5.26 Å². The van der Waals surface area contributed by atoms with Crippen LogP contribution in [0.4, 0.5) is 0 Å². The number of allylic oxidation sites excluding steroid dienone is 2. The van der Waals surface area contributed by atoms with Crippen LogP contribution >= 0.6 is 11.6 Å². The van der Waals surface area contributed by atoms with E-state index in [0.29, 0.717) is 33.0 Å². The Hall–Kier alpha value is -4.08. The zero-order valence-electron chi connectivity index (χ0n) is 18.2. The fraction of sp³-hybridized carbons (Fsp3) is 0.148. The van der Waals surface area contributed by atoms with E-state index in [2.05, 4.69) is 6.07 Å². The Balaban J connectivity index is 1.92. The van der Waals surface area contributed by atoms with E-state index in [1.807, 2.05) is 43.3 Å². The van der Waals surface area contributed by atoms with Gasteiger partial charge in [-0.3, -0.25) is 10.1 Å². The molecule has 0 aromatic heterocycles. The van der Waals surface area contributed by atoms with Crippen LogP contribution in [0, 0.1) is 21.4 Å². The molecule has 2 aliphatic rings. The predicted octanol–water partition coefficient (Wildman–Crippen LogP) is 5.80. The zero-order valence-corrected chi connectivity index (χ0v) is 19.0. The molecule has 0 saturated carbocycles. The lowest BCUT2D eigenvalue weighted by atomic mass is 9.61. The van der Waals surface area contributed by atoms with Gasteiger partial charge in [0.25, 0.3) is 0 Å². The van der Waals surface area contributed by atoms with Crippen molar-refractivity contribution in [3.8, 4) is 11.8 Å². The lowest BCUT2D eigenvalue weighted by Crippen LogP contribution is -2.59. The third kappa shape index (κ3) is 2.94. The minimum atomic E-state index is -1.94. The summed E-state index contributed by atoms with van der Waals surface area (Å²) in [6.07, 6.45) is -1.06. The van der Waals surface area contributed by atoms with Gasteiger partial charge in [0.2, 0.25) is 6.10 Å². The molecule has 1 aliphatic carbocycles. The SMILES string of the molecule is CC1=C(c2ccccc2)C(C#N)=C(N)[C@]2([N+](=O)[O-])[C@H]1c1cc(Cl)ccc1O[C@H]2c1ccccc1. The number of nitrogens with zero attached hydrogens (tertiary/aromatic N) is 2. The van der Waals surface area contributed by atoms with Crippen molar-refractivity contribution >= 4 is 17.2 Å². The molecule has 0 saturated heterocycles. The molecule has 0 amide bonds. The monoisotopic (exact) mass is 469 g/mol. The highest BCUT2D eigenvalue weighted by Crippen LogP contribution is 2.60. The Morgan fingerprint density at radius 3 is 2.35 bits per heavy atom. The maximum atomic E-state index is 13.1. The van der Waals surface area contributed by atoms with Gasteiger partial charge >= 0.3 is 5.54 Å². The average Bonchev–Trinajstić information content (AvgIpc) is 2.85. The second-order valence-corrected chi connectivity index (χ2v) is 8.87. The molecule has 0 unspecified atom stereocenters. The number of nitrogens with two attached hydrogens (primary N) is 1. The van der Waals surface area contributed by atoms with Gasteiger partial charge in [-0.05, 0) is 36.3 Å². The van der Waals surface area contributed by atoms with Gasteiger partial charge in [-0.25, -0.2) is 0 Å². The summed E-state index contributed by atoms with van der Waals surface area (Å²) in [6.45, 7) is 1.83. The Bertz CT molecular complexity index is 1410. The first-order valence-corrected chi connectivity index (χ1v) is 11.1. The highest BCUT2D eigenvalue weighted by Gasteiger charge is 2.67. The van der Waals surface area contributed by atoms with Gasteiger partial charge in [-0.1, -0.05) is 72.3 Å². The van der Waals surface area contributed by atoms with Crippen molar-refractivity contribution in [3.05, 3.63) is 128 Å². The number of hydrogen-bond donors (Lipinski definition) is 1. The van der Waals surface area contributed by atoms with Gasteiger partial charge in [-0.15, -0.1) is 0 Å². The van der Waals surface area contributed by atoms with Gasteiger partial charge in [0.05, 0.1) is 11.5 Å². The lowest BCUT2D eigenvalue weighted by molar-refractivity contribution is -0.576. The first-order valence-electron chi connectivity index (χ1n) is 10.7. The first kappa shape index (κ1) is 21.7. The van der Waals surface area contributed by atoms with Crippen molar-refractivity contribution in [1.82, 2.24) is 0 Å². The number of fused-ring (bicyclic) bond motifs is 3. The van der Waals surface area contributed by atoms with Crippen LogP contribution in [0.15, 0.2) is 95.7 Å². The second kappa shape index (κ2) is 8.05. The van der Waals surface area contributed by atoms with E-state index in [-0.39, 0.29) is 11.3 Å². The van der Waals surface area contributed by atoms with Crippen LogP contribution in [0.5, 0.6) is 5.75 Å². The molecule has 6 nitrogen and oxygen atoms in total. The first-order chi connectivity index (χ1) is 16.4.